The van der Waals surface area contributed by atoms with Gasteiger partial charge in [-0.15, -0.1) is 0 Å². The smallest absolute Gasteiger partial charge is 0.271 e. The molecular formula is C21H22N4O. The number of amides is 1. The highest BCUT2D eigenvalue weighted by molar-refractivity contribution is 5.91. The molecule has 0 radical (unpaired) electrons. The average molecular weight is 346 g/mol. The lowest BCUT2D eigenvalue weighted by molar-refractivity contribution is 0.0945. The summed E-state index contributed by atoms with van der Waals surface area (Å²) in [6.45, 7) is 5.24. The van der Waals surface area contributed by atoms with Crippen LogP contribution >= 0.6 is 0 Å². The topological polar surface area (TPSA) is 66.9 Å². The van der Waals surface area contributed by atoms with E-state index in [9.17, 15) is 4.79 Å². The zero-order valence-electron chi connectivity index (χ0n) is 15.0. The lowest BCUT2D eigenvalue weighted by Gasteiger charge is -2.09. The van der Waals surface area contributed by atoms with Crippen molar-refractivity contribution in [2.24, 2.45) is 0 Å². The first-order valence-electron chi connectivity index (χ1n) is 8.56. The summed E-state index contributed by atoms with van der Waals surface area (Å²) >= 11 is 0. The molecule has 0 aliphatic carbocycles. The maximum atomic E-state index is 12.2. The van der Waals surface area contributed by atoms with E-state index < -0.39 is 0 Å². The molecule has 3 aromatic rings. The van der Waals surface area contributed by atoms with Crippen LogP contribution in [-0.2, 0) is 13.1 Å². The Balaban J connectivity index is 1.54. The summed E-state index contributed by atoms with van der Waals surface area (Å²) in [5.74, 6) is 0.409. The van der Waals surface area contributed by atoms with Crippen molar-refractivity contribution in [3.05, 3.63) is 88.9 Å². The van der Waals surface area contributed by atoms with Gasteiger partial charge in [0.05, 0.1) is 12.4 Å². The maximum Gasteiger partial charge on any atom is 0.271 e. The second-order valence-electron chi connectivity index (χ2n) is 6.24. The molecule has 5 heteroatoms. The molecule has 0 saturated carbocycles. The van der Waals surface area contributed by atoms with E-state index >= 15 is 0 Å². The van der Waals surface area contributed by atoms with Crippen LogP contribution in [0.1, 0.15) is 32.7 Å². The van der Waals surface area contributed by atoms with Gasteiger partial charge in [0.2, 0.25) is 0 Å². The standard InChI is InChI=1S/C21H22N4O/c1-15-7-9-17(10-8-15)11-25-21(26)19-13-24-20(14-22-19)23-12-18-6-4-3-5-16(18)2/h3-10,13-14H,11-12H2,1-2H3,(H,23,24)(H,25,26). The monoisotopic (exact) mass is 346 g/mol. The average Bonchev–Trinajstić information content (AvgIpc) is 2.67. The third-order valence-corrected chi connectivity index (χ3v) is 4.18. The number of hydrogen-bond acceptors (Lipinski definition) is 4. The van der Waals surface area contributed by atoms with Crippen molar-refractivity contribution >= 4 is 11.7 Å². The lowest BCUT2D eigenvalue weighted by atomic mass is 10.1. The molecule has 0 bridgehead atoms. The van der Waals surface area contributed by atoms with Gasteiger partial charge in [-0.25, -0.2) is 9.97 Å². The Kier molecular flexibility index (Phi) is 5.59. The molecule has 1 heterocycles. The fourth-order valence-corrected chi connectivity index (χ4v) is 2.51. The number of nitrogens with one attached hydrogen (secondary N) is 2. The van der Waals surface area contributed by atoms with Gasteiger partial charge in [-0.1, -0.05) is 54.1 Å². The van der Waals surface area contributed by atoms with Gasteiger partial charge in [-0.05, 0) is 30.5 Å². The Hall–Kier alpha value is -3.21. The van der Waals surface area contributed by atoms with Crippen molar-refractivity contribution in [1.29, 1.82) is 0 Å². The summed E-state index contributed by atoms with van der Waals surface area (Å²) in [6, 6.07) is 16.2. The number of benzene rings is 2. The molecule has 0 spiro atoms. The zero-order valence-corrected chi connectivity index (χ0v) is 15.0. The molecule has 1 aromatic heterocycles. The number of nitrogens with zero attached hydrogens (tertiary/aromatic N) is 2. The Morgan fingerprint density at radius 3 is 2.38 bits per heavy atom. The highest BCUT2D eigenvalue weighted by atomic mass is 16.1. The third kappa shape index (κ3) is 4.66. The first-order valence-corrected chi connectivity index (χ1v) is 8.56. The van der Waals surface area contributed by atoms with Gasteiger partial charge < -0.3 is 10.6 Å². The van der Waals surface area contributed by atoms with Crippen LogP contribution in [0.25, 0.3) is 0 Å². The van der Waals surface area contributed by atoms with E-state index in [1.165, 1.54) is 22.9 Å². The van der Waals surface area contributed by atoms with Gasteiger partial charge in [0.1, 0.15) is 11.5 Å². The first-order chi connectivity index (χ1) is 12.6. The number of carbonyl (C=O) groups excluding carboxylic acids is 1. The molecule has 26 heavy (non-hydrogen) atoms. The van der Waals surface area contributed by atoms with Crippen molar-refractivity contribution in [3.8, 4) is 0 Å². The summed E-state index contributed by atoms with van der Waals surface area (Å²) < 4.78 is 0. The van der Waals surface area contributed by atoms with Gasteiger partial charge in [0, 0.05) is 13.1 Å². The summed E-state index contributed by atoms with van der Waals surface area (Å²) in [5, 5.41) is 6.08. The summed E-state index contributed by atoms with van der Waals surface area (Å²) in [6.07, 6.45) is 3.07. The molecule has 132 valence electrons. The van der Waals surface area contributed by atoms with E-state index in [1.807, 2.05) is 43.3 Å². The van der Waals surface area contributed by atoms with Crippen LogP contribution in [0.2, 0.25) is 0 Å². The zero-order chi connectivity index (χ0) is 18.4. The third-order valence-electron chi connectivity index (χ3n) is 4.18. The highest BCUT2D eigenvalue weighted by Gasteiger charge is 2.08. The van der Waals surface area contributed by atoms with Gasteiger partial charge in [-0.2, -0.15) is 0 Å². The maximum absolute atomic E-state index is 12.2. The molecule has 2 aromatic carbocycles. The quantitative estimate of drug-likeness (QED) is 0.715. The van der Waals surface area contributed by atoms with Crippen LogP contribution in [0, 0.1) is 13.8 Å². The summed E-state index contributed by atoms with van der Waals surface area (Å²) in [5.41, 5.74) is 4.97. The molecule has 0 unspecified atom stereocenters. The summed E-state index contributed by atoms with van der Waals surface area (Å²) in [4.78, 5) is 20.7. The van der Waals surface area contributed by atoms with E-state index in [4.69, 9.17) is 0 Å². The van der Waals surface area contributed by atoms with Gasteiger partial charge >= 0.3 is 0 Å². The number of aromatic nitrogens is 2. The van der Waals surface area contributed by atoms with Crippen molar-refractivity contribution in [2.75, 3.05) is 5.32 Å². The SMILES string of the molecule is Cc1ccc(CNC(=O)c2cnc(NCc3ccccc3C)cn2)cc1. The Labute approximate surface area is 153 Å². The Morgan fingerprint density at radius 1 is 0.923 bits per heavy atom. The fourth-order valence-electron chi connectivity index (χ4n) is 2.51. The minimum Gasteiger partial charge on any atom is -0.365 e. The molecule has 0 aliphatic rings. The number of hydrogen-bond donors (Lipinski definition) is 2. The van der Waals surface area contributed by atoms with E-state index in [0.29, 0.717) is 24.6 Å². The van der Waals surface area contributed by atoms with E-state index in [1.54, 1.807) is 6.20 Å². The van der Waals surface area contributed by atoms with Crippen LogP contribution in [0.3, 0.4) is 0 Å². The summed E-state index contributed by atoms with van der Waals surface area (Å²) in [7, 11) is 0. The second kappa shape index (κ2) is 8.25. The predicted molar refractivity (Wildman–Crippen MR) is 103 cm³/mol. The van der Waals surface area contributed by atoms with E-state index in [0.717, 1.165) is 5.56 Å². The van der Waals surface area contributed by atoms with Gasteiger partial charge in [0.25, 0.3) is 5.91 Å². The number of aryl methyl sites for hydroxylation is 2. The number of rotatable bonds is 6. The Bertz CT molecular complexity index is 873. The molecule has 0 aliphatic heterocycles. The van der Waals surface area contributed by atoms with Crippen LogP contribution < -0.4 is 10.6 Å². The second-order valence-corrected chi connectivity index (χ2v) is 6.24. The lowest BCUT2D eigenvalue weighted by Crippen LogP contribution is -2.24. The van der Waals surface area contributed by atoms with E-state index in [-0.39, 0.29) is 5.91 Å². The minimum absolute atomic E-state index is 0.233. The van der Waals surface area contributed by atoms with Crippen molar-refractivity contribution < 1.29 is 4.79 Å². The molecule has 1 amide bonds. The highest BCUT2D eigenvalue weighted by Crippen LogP contribution is 2.10. The van der Waals surface area contributed by atoms with Gasteiger partial charge in [0.15, 0.2) is 0 Å². The van der Waals surface area contributed by atoms with Gasteiger partial charge in [-0.3, -0.25) is 4.79 Å². The van der Waals surface area contributed by atoms with Crippen LogP contribution in [-0.4, -0.2) is 15.9 Å². The van der Waals surface area contributed by atoms with Crippen molar-refractivity contribution in [3.63, 3.8) is 0 Å². The normalized spacial score (nSPS) is 10.4. The van der Waals surface area contributed by atoms with Crippen molar-refractivity contribution in [1.82, 2.24) is 15.3 Å². The fraction of sp³-hybridized carbons (Fsp3) is 0.190. The molecule has 0 fully saturated rings. The number of carbonyl (C=O) groups is 1. The predicted octanol–water partition coefficient (Wildman–Crippen LogP) is 3.64. The molecule has 5 nitrogen and oxygen atoms in total. The first kappa shape index (κ1) is 17.6. The molecule has 3 rings (SSSR count). The molecule has 2 N–H and O–H groups in total. The van der Waals surface area contributed by atoms with Crippen LogP contribution in [0.15, 0.2) is 60.9 Å². The van der Waals surface area contributed by atoms with Crippen LogP contribution in [0.5, 0.6) is 0 Å². The molecule has 0 atom stereocenters. The van der Waals surface area contributed by atoms with Crippen LogP contribution in [0.4, 0.5) is 5.82 Å². The van der Waals surface area contributed by atoms with Crippen molar-refractivity contribution in [2.45, 2.75) is 26.9 Å². The molecular weight excluding hydrogens is 324 g/mol. The van der Waals surface area contributed by atoms with E-state index in [2.05, 4.69) is 39.7 Å². The number of anilines is 1. The Morgan fingerprint density at radius 2 is 1.69 bits per heavy atom. The molecule has 0 saturated heterocycles. The largest absolute Gasteiger partial charge is 0.365 e. The minimum atomic E-state index is -0.233.